The van der Waals surface area contributed by atoms with E-state index in [9.17, 15) is 0 Å². The Morgan fingerprint density at radius 3 is 2.00 bits per heavy atom. The molecule has 0 aliphatic heterocycles. The standard InChI is InChI=1S/C12H27NO/c1-8-9(2)10(13-6)11(14-7)12(3,4)5/h9-11,13H,8H2,1-7H3. The van der Waals surface area contributed by atoms with Crippen LogP contribution in [0, 0.1) is 11.3 Å². The minimum Gasteiger partial charge on any atom is -0.379 e. The van der Waals surface area contributed by atoms with Crippen molar-refractivity contribution in [1.29, 1.82) is 0 Å². The van der Waals surface area contributed by atoms with Gasteiger partial charge in [-0.25, -0.2) is 0 Å². The molecule has 0 aliphatic rings. The molecule has 0 aromatic carbocycles. The van der Waals surface area contributed by atoms with Gasteiger partial charge in [0.25, 0.3) is 0 Å². The summed E-state index contributed by atoms with van der Waals surface area (Å²) in [4.78, 5) is 0. The first-order valence-electron chi connectivity index (χ1n) is 5.58. The first-order chi connectivity index (χ1) is 6.38. The minimum atomic E-state index is 0.186. The van der Waals surface area contributed by atoms with E-state index >= 15 is 0 Å². The molecular weight excluding hydrogens is 174 g/mol. The zero-order valence-electron chi connectivity index (χ0n) is 10.8. The molecule has 0 rings (SSSR count). The first kappa shape index (κ1) is 13.9. The van der Waals surface area contributed by atoms with E-state index in [1.54, 1.807) is 0 Å². The van der Waals surface area contributed by atoms with Crippen LogP contribution in [-0.2, 0) is 4.74 Å². The van der Waals surface area contributed by atoms with Crippen LogP contribution in [0.4, 0.5) is 0 Å². The minimum absolute atomic E-state index is 0.186. The van der Waals surface area contributed by atoms with E-state index in [4.69, 9.17) is 4.74 Å². The molecule has 2 nitrogen and oxygen atoms in total. The number of rotatable bonds is 5. The fourth-order valence-corrected chi connectivity index (χ4v) is 2.03. The summed E-state index contributed by atoms with van der Waals surface area (Å²) in [5.41, 5.74) is 0.186. The average molecular weight is 201 g/mol. The fourth-order valence-electron chi connectivity index (χ4n) is 2.03. The summed E-state index contributed by atoms with van der Waals surface area (Å²) in [6.45, 7) is 11.2. The van der Waals surface area contributed by atoms with Crippen molar-refractivity contribution in [3.05, 3.63) is 0 Å². The van der Waals surface area contributed by atoms with Crippen molar-refractivity contribution in [3.63, 3.8) is 0 Å². The highest BCUT2D eigenvalue weighted by atomic mass is 16.5. The maximum Gasteiger partial charge on any atom is 0.0774 e. The van der Waals surface area contributed by atoms with Gasteiger partial charge in [0.15, 0.2) is 0 Å². The van der Waals surface area contributed by atoms with Gasteiger partial charge in [-0.1, -0.05) is 41.0 Å². The summed E-state index contributed by atoms with van der Waals surface area (Å²) < 4.78 is 5.63. The molecule has 0 amide bonds. The van der Waals surface area contributed by atoms with Crippen molar-refractivity contribution in [2.75, 3.05) is 14.2 Å². The van der Waals surface area contributed by atoms with E-state index in [-0.39, 0.29) is 11.5 Å². The normalized spacial score (nSPS) is 19.1. The maximum atomic E-state index is 5.63. The van der Waals surface area contributed by atoms with Crippen molar-refractivity contribution in [2.24, 2.45) is 11.3 Å². The smallest absolute Gasteiger partial charge is 0.0774 e. The second kappa shape index (κ2) is 5.72. The third-order valence-corrected chi connectivity index (χ3v) is 3.02. The van der Waals surface area contributed by atoms with E-state index in [0.717, 1.165) is 0 Å². The lowest BCUT2D eigenvalue weighted by atomic mass is 9.79. The molecule has 0 aromatic rings. The lowest BCUT2D eigenvalue weighted by Crippen LogP contribution is -2.49. The van der Waals surface area contributed by atoms with Crippen molar-refractivity contribution in [2.45, 2.75) is 53.2 Å². The Balaban J connectivity index is 4.61. The molecule has 2 heteroatoms. The monoisotopic (exact) mass is 201 g/mol. The van der Waals surface area contributed by atoms with Gasteiger partial charge in [-0.05, 0) is 18.4 Å². The highest BCUT2D eigenvalue weighted by Gasteiger charge is 2.33. The highest BCUT2D eigenvalue weighted by molar-refractivity contribution is 4.88. The van der Waals surface area contributed by atoms with Gasteiger partial charge in [0.05, 0.1) is 6.10 Å². The number of hydrogen-bond donors (Lipinski definition) is 1. The molecule has 0 fully saturated rings. The zero-order chi connectivity index (χ0) is 11.4. The Labute approximate surface area is 89.4 Å². The van der Waals surface area contributed by atoms with Crippen LogP contribution in [0.5, 0.6) is 0 Å². The maximum absolute atomic E-state index is 5.63. The van der Waals surface area contributed by atoms with Crippen LogP contribution in [0.15, 0.2) is 0 Å². The molecule has 0 bridgehead atoms. The van der Waals surface area contributed by atoms with Gasteiger partial charge < -0.3 is 10.1 Å². The third kappa shape index (κ3) is 3.58. The Kier molecular flexibility index (Phi) is 5.68. The van der Waals surface area contributed by atoms with Crippen LogP contribution >= 0.6 is 0 Å². The molecule has 3 unspecified atom stereocenters. The number of likely N-dealkylation sites (N-methyl/N-ethyl adjacent to an activating group) is 1. The van der Waals surface area contributed by atoms with Crippen molar-refractivity contribution in [1.82, 2.24) is 5.32 Å². The van der Waals surface area contributed by atoms with E-state index < -0.39 is 0 Å². The fraction of sp³-hybridized carbons (Fsp3) is 1.00. The number of hydrogen-bond acceptors (Lipinski definition) is 2. The number of methoxy groups -OCH3 is 1. The van der Waals surface area contributed by atoms with Gasteiger partial charge in [0.1, 0.15) is 0 Å². The predicted molar refractivity (Wildman–Crippen MR) is 62.6 cm³/mol. The summed E-state index contributed by atoms with van der Waals surface area (Å²) in [6.07, 6.45) is 1.45. The lowest BCUT2D eigenvalue weighted by molar-refractivity contribution is -0.0229. The molecule has 1 N–H and O–H groups in total. The van der Waals surface area contributed by atoms with Crippen LogP contribution in [0.25, 0.3) is 0 Å². The molecule has 86 valence electrons. The molecule has 0 aromatic heterocycles. The molecular formula is C12H27NO. The van der Waals surface area contributed by atoms with Crippen LogP contribution < -0.4 is 5.32 Å². The second-order valence-electron chi connectivity index (χ2n) is 5.22. The number of ether oxygens (including phenoxy) is 1. The van der Waals surface area contributed by atoms with Gasteiger partial charge >= 0.3 is 0 Å². The van der Waals surface area contributed by atoms with Gasteiger partial charge in [0, 0.05) is 13.2 Å². The Hall–Kier alpha value is -0.0800. The van der Waals surface area contributed by atoms with Crippen LogP contribution in [0.2, 0.25) is 0 Å². The summed E-state index contributed by atoms with van der Waals surface area (Å²) in [5, 5.41) is 3.39. The Morgan fingerprint density at radius 2 is 1.79 bits per heavy atom. The molecule has 14 heavy (non-hydrogen) atoms. The summed E-state index contributed by atoms with van der Waals surface area (Å²) in [5.74, 6) is 0.643. The van der Waals surface area contributed by atoms with Gasteiger partial charge in [0.2, 0.25) is 0 Å². The van der Waals surface area contributed by atoms with Crippen molar-refractivity contribution >= 4 is 0 Å². The predicted octanol–water partition coefficient (Wildman–Crippen LogP) is 2.68. The SMILES string of the molecule is CCC(C)C(NC)C(OC)C(C)(C)C. The second-order valence-corrected chi connectivity index (χ2v) is 5.22. The third-order valence-electron chi connectivity index (χ3n) is 3.02. The molecule has 0 heterocycles. The first-order valence-corrected chi connectivity index (χ1v) is 5.58. The summed E-state index contributed by atoms with van der Waals surface area (Å²) >= 11 is 0. The van der Waals surface area contributed by atoms with Crippen LogP contribution in [0.3, 0.4) is 0 Å². The van der Waals surface area contributed by atoms with E-state index in [2.05, 4.69) is 39.9 Å². The summed E-state index contributed by atoms with van der Waals surface area (Å²) in [7, 11) is 3.83. The van der Waals surface area contributed by atoms with Gasteiger partial charge in [-0.15, -0.1) is 0 Å². The molecule has 0 aliphatic carbocycles. The molecule has 0 spiro atoms. The molecule has 3 atom stereocenters. The molecule has 0 saturated carbocycles. The van der Waals surface area contributed by atoms with Gasteiger partial charge in [-0.2, -0.15) is 0 Å². The zero-order valence-corrected chi connectivity index (χ0v) is 10.8. The van der Waals surface area contributed by atoms with Crippen molar-refractivity contribution < 1.29 is 4.74 Å². The average Bonchev–Trinajstić information content (AvgIpc) is 2.10. The Bertz CT molecular complexity index is 151. The van der Waals surface area contributed by atoms with Crippen LogP contribution in [0.1, 0.15) is 41.0 Å². The molecule has 0 saturated heterocycles. The Morgan fingerprint density at radius 1 is 1.29 bits per heavy atom. The summed E-state index contributed by atoms with van der Waals surface area (Å²) in [6, 6.07) is 0.435. The van der Waals surface area contributed by atoms with E-state index in [1.807, 2.05) is 14.2 Å². The van der Waals surface area contributed by atoms with Crippen molar-refractivity contribution in [3.8, 4) is 0 Å². The quantitative estimate of drug-likeness (QED) is 0.738. The number of nitrogens with one attached hydrogen (secondary N) is 1. The van der Waals surface area contributed by atoms with Gasteiger partial charge in [-0.3, -0.25) is 0 Å². The molecule has 0 radical (unpaired) electrons. The van der Waals surface area contributed by atoms with E-state index in [1.165, 1.54) is 6.42 Å². The topological polar surface area (TPSA) is 21.3 Å². The van der Waals surface area contributed by atoms with Crippen LogP contribution in [-0.4, -0.2) is 26.3 Å². The lowest BCUT2D eigenvalue weighted by Gasteiger charge is -2.38. The highest BCUT2D eigenvalue weighted by Crippen LogP contribution is 2.28. The largest absolute Gasteiger partial charge is 0.379 e. The van der Waals surface area contributed by atoms with E-state index in [0.29, 0.717) is 12.0 Å².